The van der Waals surface area contributed by atoms with E-state index < -0.39 is 0 Å². The SMILES string of the molecule is COc1cc(C2CCCNC2)ccc1C1CC1. The molecule has 3 rings (SSSR count). The second-order valence-electron chi connectivity index (χ2n) is 5.32. The molecule has 1 aliphatic carbocycles. The smallest absolute Gasteiger partial charge is 0.122 e. The quantitative estimate of drug-likeness (QED) is 0.863. The maximum absolute atomic E-state index is 5.56. The Balaban J connectivity index is 1.84. The second-order valence-corrected chi connectivity index (χ2v) is 5.32. The number of rotatable bonds is 3. The molecule has 2 heteroatoms. The molecule has 1 aliphatic heterocycles. The van der Waals surface area contributed by atoms with E-state index in [1.165, 1.54) is 43.4 Å². The van der Waals surface area contributed by atoms with Crippen LogP contribution in [0, 0.1) is 0 Å². The highest BCUT2D eigenvalue weighted by molar-refractivity contribution is 5.43. The van der Waals surface area contributed by atoms with E-state index in [0.717, 1.165) is 18.2 Å². The Morgan fingerprint density at radius 2 is 2.06 bits per heavy atom. The Labute approximate surface area is 103 Å². The van der Waals surface area contributed by atoms with Crippen LogP contribution >= 0.6 is 0 Å². The Morgan fingerprint density at radius 1 is 1.18 bits per heavy atom. The molecule has 1 aromatic carbocycles. The van der Waals surface area contributed by atoms with Crippen molar-refractivity contribution in [1.29, 1.82) is 0 Å². The van der Waals surface area contributed by atoms with Crippen molar-refractivity contribution >= 4 is 0 Å². The van der Waals surface area contributed by atoms with Gasteiger partial charge < -0.3 is 10.1 Å². The van der Waals surface area contributed by atoms with E-state index in [2.05, 4.69) is 23.5 Å². The molecule has 0 radical (unpaired) electrons. The molecule has 1 unspecified atom stereocenters. The molecule has 1 N–H and O–H groups in total. The summed E-state index contributed by atoms with van der Waals surface area (Å²) < 4.78 is 5.56. The van der Waals surface area contributed by atoms with Gasteiger partial charge in [-0.3, -0.25) is 0 Å². The molecule has 1 heterocycles. The van der Waals surface area contributed by atoms with Crippen LogP contribution in [0.25, 0.3) is 0 Å². The van der Waals surface area contributed by atoms with Gasteiger partial charge in [-0.05, 0) is 61.3 Å². The van der Waals surface area contributed by atoms with Crippen LogP contribution in [0.4, 0.5) is 0 Å². The third-order valence-electron chi connectivity index (χ3n) is 4.04. The van der Waals surface area contributed by atoms with Gasteiger partial charge in [-0.25, -0.2) is 0 Å². The minimum absolute atomic E-state index is 0.672. The first-order valence-electron chi connectivity index (χ1n) is 6.77. The molecule has 0 bridgehead atoms. The van der Waals surface area contributed by atoms with Crippen LogP contribution in [0.3, 0.4) is 0 Å². The van der Waals surface area contributed by atoms with Crippen molar-refractivity contribution in [2.75, 3.05) is 20.2 Å². The van der Waals surface area contributed by atoms with Gasteiger partial charge >= 0.3 is 0 Å². The summed E-state index contributed by atoms with van der Waals surface area (Å²) in [6, 6.07) is 6.87. The minimum atomic E-state index is 0.672. The first-order chi connectivity index (χ1) is 8.38. The average Bonchev–Trinajstić information content (AvgIpc) is 3.23. The highest BCUT2D eigenvalue weighted by Crippen LogP contribution is 2.45. The van der Waals surface area contributed by atoms with Crippen molar-refractivity contribution in [3.63, 3.8) is 0 Å². The topological polar surface area (TPSA) is 21.3 Å². The van der Waals surface area contributed by atoms with Crippen LogP contribution in [0.5, 0.6) is 5.75 Å². The van der Waals surface area contributed by atoms with Crippen molar-refractivity contribution in [2.24, 2.45) is 0 Å². The molecule has 2 fully saturated rings. The van der Waals surface area contributed by atoms with Gasteiger partial charge in [-0.2, -0.15) is 0 Å². The largest absolute Gasteiger partial charge is 0.496 e. The van der Waals surface area contributed by atoms with E-state index in [4.69, 9.17) is 4.74 Å². The first kappa shape index (κ1) is 11.1. The van der Waals surface area contributed by atoms with E-state index in [-0.39, 0.29) is 0 Å². The summed E-state index contributed by atoms with van der Waals surface area (Å²) in [7, 11) is 1.80. The Morgan fingerprint density at radius 3 is 2.71 bits per heavy atom. The lowest BCUT2D eigenvalue weighted by Gasteiger charge is -2.24. The molecule has 2 nitrogen and oxygen atoms in total. The second kappa shape index (κ2) is 4.69. The van der Waals surface area contributed by atoms with Crippen molar-refractivity contribution in [1.82, 2.24) is 5.32 Å². The Hall–Kier alpha value is -1.02. The monoisotopic (exact) mass is 231 g/mol. The van der Waals surface area contributed by atoms with E-state index >= 15 is 0 Å². The van der Waals surface area contributed by atoms with Crippen molar-refractivity contribution in [3.8, 4) is 5.75 Å². The standard InChI is InChI=1S/C15H21NO/c1-17-15-9-12(13-3-2-8-16-10-13)6-7-14(15)11-4-5-11/h6-7,9,11,13,16H,2-5,8,10H2,1H3. The fourth-order valence-corrected chi connectivity index (χ4v) is 2.85. The lowest BCUT2D eigenvalue weighted by Crippen LogP contribution is -2.28. The first-order valence-corrected chi connectivity index (χ1v) is 6.77. The maximum atomic E-state index is 5.56. The molecular weight excluding hydrogens is 210 g/mol. The van der Waals surface area contributed by atoms with Gasteiger partial charge in [0.1, 0.15) is 5.75 Å². The number of benzene rings is 1. The highest BCUT2D eigenvalue weighted by atomic mass is 16.5. The molecule has 1 saturated carbocycles. The van der Waals surface area contributed by atoms with Gasteiger partial charge in [0, 0.05) is 6.54 Å². The molecule has 0 spiro atoms. The predicted octanol–water partition coefficient (Wildman–Crippen LogP) is 3.04. The van der Waals surface area contributed by atoms with Gasteiger partial charge in [0.2, 0.25) is 0 Å². The zero-order valence-electron chi connectivity index (χ0n) is 10.5. The van der Waals surface area contributed by atoms with Gasteiger partial charge in [-0.15, -0.1) is 0 Å². The van der Waals surface area contributed by atoms with Crippen LogP contribution in [0.1, 0.15) is 48.6 Å². The lowest BCUT2D eigenvalue weighted by molar-refractivity contribution is 0.406. The zero-order valence-corrected chi connectivity index (χ0v) is 10.5. The molecule has 92 valence electrons. The number of hydrogen-bond donors (Lipinski definition) is 1. The summed E-state index contributed by atoms with van der Waals surface area (Å²) in [5.41, 5.74) is 2.86. The Bertz CT molecular complexity index is 392. The number of hydrogen-bond acceptors (Lipinski definition) is 2. The lowest BCUT2D eigenvalue weighted by atomic mass is 9.90. The number of methoxy groups -OCH3 is 1. The predicted molar refractivity (Wildman–Crippen MR) is 69.8 cm³/mol. The van der Waals surface area contributed by atoms with E-state index in [1.807, 2.05) is 0 Å². The van der Waals surface area contributed by atoms with Crippen LogP contribution in [-0.4, -0.2) is 20.2 Å². The fraction of sp³-hybridized carbons (Fsp3) is 0.600. The molecule has 1 saturated heterocycles. The van der Waals surface area contributed by atoms with E-state index in [0.29, 0.717) is 5.92 Å². The molecule has 0 amide bonds. The summed E-state index contributed by atoms with van der Waals surface area (Å²) in [4.78, 5) is 0. The average molecular weight is 231 g/mol. The van der Waals surface area contributed by atoms with Gasteiger partial charge in [0.15, 0.2) is 0 Å². The summed E-state index contributed by atoms with van der Waals surface area (Å²) in [5, 5.41) is 3.48. The van der Waals surface area contributed by atoms with Crippen molar-refractivity contribution < 1.29 is 4.74 Å². The molecule has 0 aromatic heterocycles. The van der Waals surface area contributed by atoms with Crippen molar-refractivity contribution in [2.45, 2.75) is 37.5 Å². The van der Waals surface area contributed by atoms with E-state index in [1.54, 1.807) is 7.11 Å². The van der Waals surface area contributed by atoms with Gasteiger partial charge in [0.25, 0.3) is 0 Å². The van der Waals surface area contributed by atoms with Gasteiger partial charge in [-0.1, -0.05) is 12.1 Å². The zero-order chi connectivity index (χ0) is 11.7. The maximum Gasteiger partial charge on any atom is 0.122 e. The summed E-state index contributed by atoms with van der Waals surface area (Å²) in [6.07, 6.45) is 5.26. The molecular formula is C15H21NO. The molecule has 1 aromatic rings. The summed E-state index contributed by atoms with van der Waals surface area (Å²) in [5.74, 6) is 2.55. The van der Waals surface area contributed by atoms with Crippen LogP contribution in [0.2, 0.25) is 0 Å². The highest BCUT2D eigenvalue weighted by Gasteiger charge is 2.27. The summed E-state index contributed by atoms with van der Waals surface area (Å²) in [6.45, 7) is 2.29. The number of nitrogens with one attached hydrogen (secondary N) is 1. The van der Waals surface area contributed by atoms with Crippen LogP contribution in [-0.2, 0) is 0 Å². The van der Waals surface area contributed by atoms with Crippen molar-refractivity contribution in [3.05, 3.63) is 29.3 Å². The minimum Gasteiger partial charge on any atom is -0.496 e. The molecule has 2 aliphatic rings. The number of piperidine rings is 1. The normalized spacial score (nSPS) is 24.6. The Kier molecular flexibility index (Phi) is 3.06. The fourth-order valence-electron chi connectivity index (χ4n) is 2.85. The van der Waals surface area contributed by atoms with Crippen LogP contribution < -0.4 is 10.1 Å². The molecule has 17 heavy (non-hydrogen) atoms. The van der Waals surface area contributed by atoms with Crippen LogP contribution in [0.15, 0.2) is 18.2 Å². The summed E-state index contributed by atoms with van der Waals surface area (Å²) >= 11 is 0. The van der Waals surface area contributed by atoms with Gasteiger partial charge in [0.05, 0.1) is 7.11 Å². The third-order valence-corrected chi connectivity index (χ3v) is 4.04. The third kappa shape index (κ3) is 2.32. The number of ether oxygens (including phenoxy) is 1. The van der Waals surface area contributed by atoms with E-state index in [9.17, 15) is 0 Å². The molecule has 1 atom stereocenters.